The van der Waals surface area contributed by atoms with E-state index in [1.54, 1.807) is 12.5 Å². The van der Waals surface area contributed by atoms with E-state index in [9.17, 15) is 0 Å². The summed E-state index contributed by atoms with van der Waals surface area (Å²) in [5.74, 6) is 0. The summed E-state index contributed by atoms with van der Waals surface area (Å²) in [6, 6.07) is 5.45. The van der Waals surface area contributed by atoms with E-state index >= 15 is 0 Å². The number of hydrogen-bond acceptors (Lipinski definition) is 2. The van der Waals surface area contributed by atoms with Crippen LogP contribution in [-0.2, 0) is 11.5 Å². The van der Waals surface area contributed by atoms with Crippen molar-refractivity contribution in [2.45, 2.75) is 51.7 Å². The quantitative estimate of drug-likeness (QED) is 0.514. The Morgan fingerprint density at radius 1 is 1.19 bits per heavy atom. The first kappa shape index (κ1) is 13.5. The Morgan fingerprint density at radius 2 is 1.88 bits per heavy atom. The zero-order valence-electron chi connectivity index (χ0n) is 10.8. The summed E-state index contributed by atoms with van der Waals surface area (Å²) >= 11 is 0. The molecule has 0 saturated carbocycles. The van der Waals surface area contributed by atoms with Crippen LogP contribution in [0.1, 0.15) is 20.8 Å². The van der Waals surface area contributed by atoms with E-state index in [2.05, 4.69) is 25.8 Å². The highest BCUT2D eigenvalue weighted by molar-refractivity contribution is 6.79. The van der Waals surface area contributed by atoms with Gasteiger partial charge in [-0.1, -0.05) is 38.9 Å². The van der Waals surface area contributed by atoms with E-state index in [4.69, 9.17) is 4.74 Å². The van der Waals surface area contributed by atoms with Gasteiger partial charge in [0.15, 0.2) is 0 Å². The summed E-state index contributed by atoms with van der Waals surface area (Å²) in [5, 5.41) is 0. The highest BCUT2D eigenvalue weighted by Crippen LogP contribution is 2.24. The molecule has 0 unspecified atom stereocenters. The minimum Gasteiger partial charge on any atom is -0.361 e. The van der Waals surface area contributed by atoms with Crippen LogP contribution in [0.15, 0.2) is 18.7 Å². The van der Waals surface area contributed by atoms with Gasteiger partial charge in [0.1, 0.15) is 6.73 Å². The minimum absolute atomic E-state index is 0.640. The predicted octanol–water partition coefficient (Wildman–Crippen LogP) is 3.37. The van der Waals surface area contributed by atoms with Crippen LogP contribution in [0.25, 0.3) is 0 Å². The van der Waals surface area contributed by atoms with Gasteiger partial charge in [0, 0.05) is 19.0 Å². The summed E-state index contributed by atoms with van der Waals surface area (Å²) in [7, 11) is -0.989. The van der Waals surface area contributed by atoms with E-state index in [0.717, 1.165) is 6.61 Å². The molecule has 0 aliphatic rings. The van der Waals surface area contributed by atoms with Crippen LogP contribution >= 0.6 is 0 Å². The molecule has 3 nitrogen and oxygen atoms in total. The first-order chi connectivity index (χ1) is 7.76. The number of imidazole rings is 1. The first-order valence-corrected chi connectivity index (χ1v) is 9.12. The van der Waals surface area contributed by atoms with E-state index in [1.165, 1.54) is 24.2 Å². The van der Waals surface area contributed by atoms with Crippen molar-refractivity contribution in [2.75, 3.05) is 6.61 Å². The summed E-state index contributed by atoms with van der Waals surface area (Å²) in [6.07, 6.45) is 5.51. The third-order valence-corrected chi connectivity index (χ3v) is 9.59. The lowest BCUT2D eigenvalue weighted by atomic mass is 10.8. The summed E-state index contributed by atoms with van der Waals surface area (Å²) < 4.78 is 7.66. The molecule has 0 radical (unpaired) electrons. The van der Waals surface area contributed by atoms with Gasteiger partial charge in [0.05, 0.1) is 14.4 Å². The second kappa shape index (κ2) is 6.86. The summed E-state index contributed by atoms with van der Waals surface area (Å²) in [6.45, 7) is 8.57. The number of nitrogens with zero attached hydrogens (tertiary/aromatic N) is 2. The molecule has 1 aromatic rings. The topological polar surface area (TPSA) is 27.1 Å². The second-order valence-corrected chi connectivity index (χ2v) is 10.0. The minimum atomic E-state index is -0.989. The monoisotopic (exact) mass is 240 g/mol. The van der Waals surface area contributed by atoms with Gasteiger partial charge in [0.25, 0.3) is 0 Å². The lowest BCUT2D eigenvalue weighted by Crippen LogP contribution is -2.32. The van der Waals surface area contributed by atoms with Crippen molar-refractivity contribution in [1.29, 1.82) is 0 Å². The van der Waals surface area contributed by atoms with Crippen molar-refractivity contribution in [1.82, 2.24) is 9.55 Å². The Morgan fingerprint density at radius 3 is 2.38 bits per heavy atom. The van der Waals surface area contributed by atoms with E-state index < -0.39 is 8.07 Å². The molecule has 0 amide bonds. The van der Waals surface area contributed by atoms with Gasteiger partial charge >= 0.3 is 0 Å². The number of ether oxygens (including phenoxy) is 1. The summed E-state index contributed by atoms with van der Waals surface area (Å²) in [4.78, 5) is 3.99. The van der Waals surface area contributed by atoms with Crippen LogP contribution in [0.4, 0.5) is 0 Å². The van der Waals surface area contributed by atoms with Gasteiger partial charge in [-0.2, -0.15) is 0 Å². The maximum atomic E-state index is 5.70. The van der Waals surface area contributed by atoms with E-state index in [-0.39, 0.29) is 0 Å². The normalized spacial score (nSPS) is 11.9. The second-order valence-electron chi connectivity index (χ2n) is 4.42. The van der Waals surface area contributed by atoms with Crippen LogP contribution in [0, 0.1) is 0 Å². The molecular formula is C12H24N2OSi. The van der Waals surface area contributed by atoms with Crippen molar-refractivity contribution in [2.24, 2.45) is 0 Å². The van der Waals surface area contributed by atoms with Crippen molar-refractivity contribution in [3.63, 3.8) is 0 Å². The van der Waals surface area contributed by atoms with Crippen molar-refractivity contribution in [3.05, 3.63) is 18.7 Å². The maximum Gasteiger partial charge on any atom is 0.123 e. The molecule has 4 heteroatoms. The van der Waals surface area contributed by atoms with Crippen molar-refractivity contribution < 1.29 is 4.74 Å². The van der Waals surface area contributed by atoms with Gasteiger partial charge in [-0.15, -0.1) is 0 Å². The highest BCUT2D eigenvalue weighted by atomic mass is 28.3. The molecule has 0 aliphatic carbocycles. The van der Waals surface area contributed by atoms with Crippen LogP contribution in [0.2, 0.25) is 24.2 Å². The molecule has 92 valence electrons. The molecule has 16 heavy (non-hydrogen) atoms. The summed E-state index contributed by atoms with van der Waals surface area (Å²) in [5.41, 5.74) is 0. The molecule has 0 N–H and O–H groups in total. The molecular weight excluding hydrogens is 216 g/mol. The van der Waals surface area contributed by atoms with E-state index in [1.807, 2.05) is 10.8 Å². The average Bonchev–Trinajstić information content (AvgIpc) is 2.83. The Hall–Kier alpha value is -0.613. The Labute approximate surface area is 99.8 Å². The van der Waals surface area contributed by atoms with Crippen molar-refractivity contribution >= 4 is 8.07 Å². The molecule has 0 bridgehead atoms. The standard InChI is InChI=1S/C12H24N2OSi/c1-4-16(5-2,6-3)10-9-15-12-14-8-7-13-11-14/h7-8,11H,4-6,9-10,12H2,1-3H3. The Kier molecular flexibility index (Phi) is 5.77. The molecule has 1 rings (SSSR count). The first-order valence-electron chi connectivity index (χ1n) is 6.30. The van der Waals surface area contributed by atoms with Gasteiger partial charge in [0.2, 0.25) is 0 Å². The molecule has 0 atom stereocenters. The predicted molar refractivity (Wildman–Crippen MR) is 70.2 cm³/mol. The lowest BCUT2D eigenvalue weighted by molar-refractivity contribution is 0.0869. The van der Waals surface area contributed by atoms with Crippen LogP contribution in [0.5, 0.6) is 0 Å². The van der Waals surface area contributed by atoms with Crippen LogP contribution in [0.3, 0.4) is 0 Å². The van der Waals surface area contributed by atoms with Crippen molar-refractivity contribution in [3.8, 4) is 0 Å². The Balaban J connectivity index is 2.23. The average molecular weight is 240 g/mol. The fourth-order valence-electron chi connectivity index (χ4n) is 2.10. The smallest absolute Gasteiger partial charge is 0.123 e. The van der Waals surface area contributed by atoms with Crippen LogP contribution in [-0.4, -0.2) is 24.2 Å². The van der Waals surface area contributed by atoms with Crippen LogP contribution < -0.4 is 0 Å². The zero-order valence-corrected chi connectivity index (χ0v) is 11.8. The molecule has 0 fully saturated rings. The Bertz CT molecular complexity index is 262. The number of aromatic nitrogens is 2. The fourth-order valence-corrected chi connectivity index (χ4v) is 5.24. The molecule has 1 heterocycles. The van der Waals surface area contributed by atoms with Gasteiger partial charge < -0.3 is 9.30 Å². The molecule has 0 saturated heterocycles. The molecule has 0 spiro atoms. The molecule has 0 aliphatic heterocycles. The third-order valence-electron chi connectivity index (χ3n) is 3.83. The highest BCUT2D eigenvalue weighted by Gasteiger charge is 2.25. The fraction of sp³-hybridized carbons (Fsp3) is 0.750. The van der Waals surface area contributed by atoms with Gasteiger partial charge in [-0.05, 0) is 6.04 Å². The third kappa shape index (κ3) is 3.76. The van der Waals surface area contributed by atoms with E-state index in [0.29, 0.717) is 6.73 Å². The van der Waals surface area contributed by atoms with Gasteiger partial charge in [-0.25, -0.2) is 4.98 Å². The lowest BCUT2D eigenvalue weighted by Gasteiger charge is -2.27. The maximum absolute atomic E-state index is 5.70. The SMILES string of the molecule is CC[Si](CC)(CC)CCOCn1ccnc1. The largest absolute Gasteiger partial charge is 0.361 e. The number of hydrogen-bond donors (Lipinski definition) is 0. The number of rotatable bonds is 8. The molecule has 1 aromatic heterocycles. The zero-order chi connectivity index (χ0) is 11.9. The van der Waals surface area contributed by atoms with Gasteiger partial charge in [-0.3, -0.25) is 0 Å². The molecule has 0 aromatic carbocycles.